The van der Waals surface area contributed by atoms with Gasteiger partial charge in [0.15, 0.2) is 0 Å². The van der Waals surface area contributed by atoms with Crippen LogP contribution in [0, 0.1) is 0 Å². The summed E-state index contributed by atoms with van der Waals surface area (Å²) >= 11 is 0. The molecular weight excluding hydrogens is 254 g/mol. The summed E-state index contributed by atoms with van der Waals surface area (Å²) in [6.45, 7) is 7.34. The van der Waals surface area contributed by atoms with E-state index in [4.69, 9.17) is 9.47 Å². The van der Waals surface area contributed by atoms with Crippen LogP contribution in [0.4, 0.5) is 0 Å². The third-order valence-corrected chi connectivity index (χ3v) is 3.71. The van der Waals surface area contributed by atoms with E-state index in [1.807, 2.05) is 49.9 Å². The van der Waals surface area contributed by atoms with Crippen molar-refractivity contribution in [2.24, 2.45) is 0 Å². The van der Waals surface area contributed by atoms with Crippen LogP contribution in [0.2, 0.25) is 0 Å². The zero-order valence-electron chi connectivity index (χ0n) is 12.7. The fourth-order valence-electron chi connectivity index (χ4n) is 2.43. The maximum absolute atomic E-state index is 12.5. The molecule has 1 atom stereocenters. The summed E-state index contributed by atoms with van der Waals surface area (Å²) in [7, 11) is 1.64. The molecule has 1 aliphatic rings. The molecule has 4 nitrogen and oxygen atoms in total. The number of morpholine rings is 1. The van der Waals surface area contributed by atoms with Crippen LogP contribution in [0.3, 0.4) is 0 Å². The van der Waals surface area contributed by atoms with E-state index in [1.165, 1.54) is 0 Å². The van der Waals surface area contributed by atoms with E-state index in [9.17, 15) is 4.79 Å². The molecule has 0 N–H and O–H groups in total. The largest absolute Gasteiger partial charge is 0.497 e. The molecule has 4 heteroatoms. The zero-order chi connectivity index (χ0) is 14.8. The third kappa shape index (κ3) is 3.31. The van der Waals surface area contributed by atoms with Crippen molar-refractivity contribution in [2.45, 2.75) is 38.8 Å². The van der Waals surface area contributed by atoms with Gasteiger partial charge in [-0.2, -0.15) is 0 Å². The number of carbonyl (C=O) groups excluding carboxylic acids is 1. The van der Waals surface area contributed by atoms with Crippen LogP contribution < -0.4 is 4.74 Å². The highest BCUT2D eigenvalue weighted by Crippen LogP contribution is 2.23. The Morgan fingerprint density at radius 2 is 2.05 bits per heavy atom. The Hall–Kier alpha value is -1.55. The lowest BCUT2D eigenvalue weighted by atomic mass is 9.99. The molecule has 0 saturated carbocycles. The minimum Gasteiger partial charge on any atom is -0.497 e. The third-order valence-electron chi connectivity index (χ3n) is 3.71. The Balaban J connectivity index is 2.06. The summed E-state index contributed by atoms with van der Waals surface area (Å²) in [6, 6.07) is 7.65. The first-order valence-electron chi connectivity index (χ1n) is 6.97. The molecule has 0 aliphatic carbocycles. The minimum atomic E-state index is -0.240. The van der Waals surface area contributed by atoms with Crippen LogP contribution in [0.1, 0.15) is 26.3 Å². The van der Waals surface area contributed by atoms with Gasteiger partial charge in [-0.1, -0.05) is 12.1 Å². The summed E-state index contributed by atoms with van der Waals surface area (Å²) in [5, 5.41) is 0. The second-order valence-corrected chi connectivity index (χ2v) is 5.96. The number of ether oxygens (including phenoxy) is 2. The van der Waals surface area contributed by atoms with Crippen LogP contribution in [-0.2, 0) is 16.0 Å². The second-order valence-electron chi connectivity index (χ2n) is 5.96. The van der Waals surface area contributed by atoms with Crippen LogP contribution in [0.25, 0.3) is 0 Å². The molecule has 110 valence electrons. The van der Waals surface area contributed by atoms with Gasteiger partial charge >= 0.3 is 0 Å². The summed E-state index contributed by atoms with van der Waals surface area (Å²) in [4.78, 5) is 14.5. The maximum Gasteiger partial charge on any atom is 0.227 e. The van der Waals surface area contributed by atoms with E-state index in [0.717, 1.165) is 11.3 Å². The van der Waals surface area contributed by atoms with Gasteiger partial charge in [0.1, 0.15) is 5.75 Å². The molecule has 1 aromatic carbocycles. The zero-order valence-corrected chi connectivity index (χ0v) is 12.7. The van der Waals surface area contributed by atoms with Crippen molar-refractivity contribution in [3.8, 4) is 5.75 Å². The lowest BCUT2D eigenvalue weighted by Gasteiger charge is -2.44. The monoisotopic (exact) mass is 277 g/mol. The molecule has 0 aromatic heterocycles. The van der Waals surface area contributed by atoms with Crippen molar-refractivity contribution < 1.29 is 14.3 Å². The van der Waals surface area contributed by atoms with Crippen LogP contribution in [-0.4, -0.2) is 42.7 Å². The summed E-state index contributed by atoms with van der Waals surface area (Å²) in [5.41, 5.74) is 0.765. The minimum absolute atomic E-state index is 0.0999. The average molecular weight is 277 g/mol. The van der Waals surface area contributed by atoms with Gasteiger partial charge in [0.05, 0.1) is 31.8 Å². The number of nitrogens with zero attached hydrogens (tertiary/aromatic N) is 1. The van der Waals surface area contributed by atoms with Crippen LogP contribution >= 0.6 is 0 Å². The van der Waals surface area contributed by atoms with Crippen molar-refractivity contribution in [1.82, 2.24) is 4.90 Å². The number of carbonyl (C=O) groups is 1. The van der Waals surface area contributed by atoms with Gasteiger partial charge < -0.3 is 14.4 Å². The number of methoxy groups -OCH3 is 1. The molecule has 1 fully saturated rings. The van der Waals surface area contributed by atoms with Crippen LogP contribution in [0.15, 0.2) is 24.3 Å². The highest BCUT2D eigenvalue weighted by atomic mass is 16.5. The quantitative estimate of drug-likeness (QED) is 0.850. The average Bonchev–Trinajstić information content (AvgIpc) is 2.42. The Morgan fingerprint density at radius 1 is 1.40 bits per heavy atom. The van der Waals surface area contributed by atoms with Crippen molar-refractivity contribution >= 4 is 5.91 Å². The van der Waals surface area contributed by atoms with E-state index in [0.29, 0.717) is 19.6 Å². The lowest BCUT2D eigenvalue weighted by molar-refractivity contribution is -0.152. The standard InChI is InChI=1S/C16H23NO3/c1-12-10-17(16(2,3)11-20-12)15(18)9-13-5-7-14(19-4)8-6-13/h5-8,12H,9-11H2,1-4H3. The Labute approximate surface area is 120 Å². The number of benzene rings is 1. The Bertz CT molecular complexity index is 467. The van der Waals surface area contributed by atoms with Crippen molar-refractivity contribution in [1.29, 1.82) is 0 Å². The van der Waals surface area contributed by atoms with E-state index in [1.54, 1.807) is 7.11 Å². The van der Waals surface area contributed by atoms with Gasteiger partial charge in [-0.3, -0.25) is 4.79 Å². The number of rotatable bonds is 3. The predicted octanol–water partition coefficient (Wildman–Crippen LogP) is 2.26. The molecule has 2 rings (SSSR count). The van der Waals surface area contributed by atoms with E-state index in [2.05, 4.69) is 0 Å². The molecule has 1 unspecified atom stereocenters. The fourth-order valence-corrected chi connectivity index (χ4v) is 2.43. The van der Waals surface area contributed by atoms with E-state index >= 15 is 0 Å². The molecule has 1 heterocycles. The van der Waals surface area contributed by atoms with Gasteiger partial charge in [-0.05, 0) is 38.5 Å². The van der Waals surface area contributed by atoms with Crippen molar-refractivity contribution in [3.63, 3.8) is 0 Å². The van der Waals surface area contributed by atoms with Crippen molar-refractivity contribution in [2.75, 3.05) is 20.3 Å². The number of hydrogen-bond acceptors (Lipinski definition) is 3. The molecule has 1 amide bonds. The molecule has 1 saturated heterocycles. The van der Waals surface area contributed by atoms with E-state index < -0.39 is 0 Å². The highest BCUT2D eigenvalue weighted by molar-refractivity contribution is 5.79. The second kappa shape index (κ2) is 5.83. The van der Waals surface area contributed by atoms with Crippen LogP contribution in [0.5, 0.6) is 5.75 Å². The molecule has 0 bridgehead atoms. The van der Waals surface area contributed by atoms with Gasteiger partial charge in [0.2, 0.25) is 5.91 Å². The number of hydrogen-bond donors (Lipinski definition) is 0. The Morgan fingerprint density at radius 3 is 2.65 bits per heavy atom. The molecular formula is C16H23NO3. The van der Waals surface area contributed by atoms with E-state index in [-0.39, 0.29) is 17.6 Å². The first-order chi connectivity index (χ1) is 9.42. The summed E-state index contributed by atoms with van der Waals surface area (Å²) in [6.07, 6.45) is 0.517. The SMILES string of the molecule is COc1ccc(CC(=O)N2CC(C)OCC2(C)C)cc1. The summed E-state index contributed by atoms with van der Waals surface area (Å²) < 4.78 is 10.8. The maximum atomic E-state index is 12.5. The topological polar surface area (TPSA) is 38.8 Å². The van der Waals surface area contributed by atoms with Crippen molar-refractivity contribution in [3.05, 3.63) is 29.8 Å². The van der Waals surface area contributed by atoms with Gasteiger partial charge in [-0.15, -0.1) is 0 Å². The predicted molar refractivity (Wildman–Crippen MR) is 77.9 cm³/mol. The lowest BCUT2D eigenvalue weighted by Crippen LogP contribution is -2.58. The molecule has 20 heavy (non-hydrogen) atoms. The molecule has 0 radical (unpaired) electrons. The van der Waals surface area contributed by atoms with Gasteiger partial charge in [-0.25, -0.2) is 0 Å². The first-order valence-corrected chi connectivity index (χ1v) is 6.97. The summed E-state index contributed by atoms with van der Waals surface area (Å²) in [5.74, 6) is 0.955. The van der Waals surface area contributed by atoms with Gasteiger partial charge in [0, 0.05) is 6.54 Å². The Kier molecular flexibility index (Phi) is 4.33. The normalized spacial score (nSPS) is 21.6. The molecule has 0 spiro atoms. The first kappa shape index (κ1) is 14.9. The molecule has 1 aliphatic heterocycles. The van der Waals surface area contributed by atoms with Gasteiger partial charge in [0.25, 0.3) is 0 Å². The highest BCUT2D eigenvalue weighted by Gasteiger charge is 2.36. The number of amides is 1. The molecule has 1 aromatic rings. The smallest absolute Gasteiger partial charge is 0.227 e. The fraction of sp³-hybridized carbons (Fsp3) is 0.562.